The first-order chi connectivity index (χ1) is 8.97. The van der Waals surface area contributed by atoms with Gasteiger partial charge in [0, 0.05) is 26.7 Å². The van der Waals surface area contributed by atoms with Crippen LogP contribution in [0.5, 0.6) is 0 Å². The monoisotopic (exact) mass is 326 g/mol. The third kappa shape index (κ3) is 5.64. The molecule has 0 atom stereocenters. The highest BCUT2D eigenvalue weighted by Gasteiger charge is 2.14. The first-order valence-corrected chi connectivity index (χ1v) is 7.85. The number of nitrogens with one attached hydrogen (secondary N) is 2. The number of rotatable bonds is 8. The number of benzene rings is 1. The average Bonchev–Trinajstić information content (AvgIpc) is 2.36. The van der Waals surface area contributed by atoms with Gasteiger partial charge in [0.1, 0.15) is 0 Å². The Bertz CT molecular complexity index is 509. The van der Waals surface area contributed by atoms with Crippen LogP contribution in [0.2, 0.25) is 10.0 Å². The number of ether oxygens (including phenoxy) is 1. The van der Waals surface area contributed by atoms with Crippen LogP contribution in [0.25, 0.3) is 0 Å². The van der Waals surface area contributed by atoms with Crippen molar-refractivity contribution in [2.45, 2.75) is 4.90 Å². The molecule has 0 radical (unpaired) electrons. The first kappa shape index (κ1) is 16.7. The van der Waals surface area contributed by atoms with E-state index in [1.807, 2.05) is 0 Å². The Hall–Kier alpha value is -0.370. The predicted molar refractivity (Wildman–Crippen MR) is 76.4 cm³/mol. The lowest BCUT2D eigenvalue weighted by atomic mass is 10.4. The molecule has 0 saturated heterocycles. The second kappa shape index (κ2) is 8.04. The number of halogens is 2. The molecular formula is C11H16Cl2N2O3S. The Morgan fingerprint density at radius 2 is 1.89 bits per heavy atom. The van der Waals surface area contributed by atoms with E-state index in [0.717, 1.165) is 0 Å². The summed E-state index contributed by atoms with van der Waals surface area (Å²) >= 11 is 11.5. The summed E-state index contributed by atoms with van der Waals surface area (Å²) in [5.41, 5.74) is 0. The van der Waals surface area contributed by atoms with Gasteiger partial charge in [-0.05, 0) is 18.2 Å². The highest BCUT2D eigenvalue weighted by molar-refractivity contribution is 7.89. The van der Waals surface area contributed by atoms with Gasteiger partial charge in [-0.2, -0.15) is 0 Å². The van der Waals surface area contributed by atoms with E-state index in [-0.39, 0.29) is 16.5 Å². The second-order valence-corrected chi connectivity index (χ2v) is 6.30. The minimum absolute atomic E-state index is 0.0961. The summed E-state index contributed by atoms with van der Waals surface area (Å²) in [6.07, 6.45) is 0. The number of sulfonamides is 1. The molecule has 1 aromatic carbocycles. The topological polar surface area (TPSA) is 67.4 Å². The van der Waals surface area contributed by atoms with Gasteiger partial charge in [0.05, 0.1) is 21.5 Å². The predicted octanol–water partition coefficient (Wildman–Crippen LogP) is 1.51. The van der Waals surface area contributed by atoms with Crippen molar-refractivity contribution in [2.24, 2.45) is 0 Å². The Labute approximate surface area is 123 Å². The van der Waals surface area contributed by atoms with Gasteiger partial charge in [-0.1, -0.05) is 23.2 Å². The molecule has 0 aliphatic rings. The third-order valence-corrected chi connectivity index (χ3v) is 4.48. The van der Waals surface area contributed by atoms with Crippen molar-refractivity contribution in [3.05, 3.63) is 28.2 Å². The van der Waals surface area contributed by atoms with E-state index in [4.69, 9.17) is 27.9 Å². The molecule has 0 aliphatic heterocycles. The van der Waals surface area contributed by atoms with Gasteiger partial charge in [0.2, 0.25) is 10.0 Å². The molecule has 1 rings (SSSR count). The molecule has 1 aromatic rings. The summed E-state index contributed by atoms with van der Waals surface area (Å²) in [6.45, 7) is 2.06. The smallest absolute Gasteiger partial charge is 0.240 e. The van der Waals surface area contributed by atoms with E-state index in [0.29, 0.717) is 24.7 Å². The van der Waals surface area contributed by atoms with E-state index in [1.165, 1.54) is 18.2 Å². The van der Waals surface area contributed by atoms with Gasteiger partial charge in [-0.3, -0.25) is 0 Å². The third-order valence-electron chi connectivity index (χ3n) is 2.28. The lowest BCUT2D eigenvalue weighted by Gasteiger charge is -2.08. The standard InChI is InChI=1S/C11H16Cl2N2O3S/c1-18-7-6-14-4-5-15-19(16,17)9-2-3-10(12)11(13)8-9/h2-3,8,14-15H,4-7H2,1H3. The molecule has 0 spiro atoms. The van der Waals surface area contributed by atoms with Crippen LogP contribution in [0.4, 0.5) is 0 Å². The molecule has 0 aromatic heterocycles. The van der Waals surface area contributed by atoms with Crippen molar-refractivity contribution in [1.29, 1.82) is 0 Å². The Kier molecular flexibility index (Phi) is 7.06. The van der Waals surface area contributed by atoms with E-state index in [9.17, 15) is 8.42 Å². The SMILES string of the molecule is COCCNCCNS(=O)(=O)c1ccc(Cl)c(Cl)c1. The molecule has 0 fully saturated rings. The van der Waals surface area contributed by atoms with Crippen LogP contribution >= 0.6 is 23.2 Å². The second-order valence-electron chi connectivity index (χ2n) is 3.72. The van der Waals surface area contributed by atoms with Crippen LogP contribution in [-0.2, 0) is 14.8 Å². The van der Waals surface area contributed by atoms with Crippen molar-refractivity contribution < 1.29 is 13.2 Å². The molecule has 19 heavy (non-hydrogen) atoms. The number of methoxy groups -OCH3 is 1. The number of hydrogen-bond acceptors (Lipinski definition) is 4. The van der Waals surface area contributed by atoms with Gasteiger partial charge in [-0.25, -0.2) is 13.1 Å². The maximum Gasteiger partial charge on any atom is 0.240 e. The summed E-state index contributed by atoms with van der Waals surface area (Å²) < 4.78 is 31.2. The van der Waals surface area contributed by atoms with Crippen molar-refractivity contribution >= 4 is 33.2 Å². The highest BCUT2D eigenvalue weighted by atomic mass is 35.5. The van der Waals surface area contributed by atoms with Crippen LogP contribution in [0.1, 0.15) is 0 Å². The molecule has 0 unspecified atom stereocenters. The van der Waals surface area contributed by atoms with Crippen LogP contribution in [0.3, 0.4) is 0 Å². The molecule has 0 heterocycles. The zero-order valence-corrected chi connectivity index (χ0v) is 12.8. The molecule has 108 valence electrons. The molecule has 0 bridgehead atoms. The fourth-order valence-electron chi connectivity index (χ4n) is 1.30. The van der Waals surface area contributed by atoms with Crippen molar-refractivity contribution in [3.63, 3.8) is 0 Å². The van der Waals surface area contributed by atoms with E-state index in [2.05, 4.69) is 10.0 Å². The van der Waals surface area contributed by atoms with Gasteiger partial charge in [-0.15, -0.1) is 0 Å². The quantitative estimate of drug-likeness (QED) is 0.710. The summed E-state index contributed by atoms with van der Waals surface area (Å²) in [7, 11) is -1.95. The largest absolute Gasteiger partial charge is 0.383 e. The maximum atomic E-state index is 11.9. The Morgan fingerprint density at radius 3 is 2.53 bits per heavy atom. The van der Waals surface area contributed by atoms with Crippen molar-refractivity contribution in [1.82, 2.24) is 10.0 Å². The van der Waals surface area contributed by atoms with Crippen LogP contribution in [-0.4, -0.2) is 41.8 Å². The summed E-state index contributed by atoms with van der Waals surface area (Å²) in [4.78, 5) is 0.0961. The maximum absolute atomic E-state index is 11.9. The average molecular weight is 327 g/mol. The van der Waals surface area contributed by atoms with Gasteiger partial charge in [0.15, 0.2) is 0 Å². The zero-order chi connectivity index (χ0) is 14.3. The highest BCUT2D eigenvalue weighted by Crippen LogP contribution is 2.24. The zero-order valence-electron chi connectivity index (χ0n) is 10.4. The lowest BCUT2D eigenvalue weighted by Crippen LogP contribution is -2.33. The van der Waals surface area contributed by atoms with E-state index < -0.39 is 10.0 Å². The minimum atomic E-state index is -3.56. The normalized spacial score (nSPS) is 11.7. The van der Waals surface area contributed by atoms with Crippen molar-refractivity contribution in [3.8, 4) is 0 Å². The van der Waals surface area contributed by atoms with E-state index >= 15 is 0 Å². The van der Waals surface area contributed by atoms with Gasteiger partial charge >= 0.3 is 0 Å². The fourth-order valence-corrected chi connectivity index (χ4v) is 2.72. The molecule has 8 heteroatoms. The summed E-state index contributed by atoms with van der Waals surface area (Å²) in [5.74, 6) is 0. The lowest BCUT2D eigenvalue weighted by molar-refractivity contribution is 0.199. The summed E-state index contributed by atoms with van der Waals surface area (Å²) in [6, 6.07) is 4.19. The van der Waals surface area contributed by atoms with Gasteiger partial charge in [0.25, 0.3) is 0 Å². The van der Waals surface area contributed by atoms with Gasteiger partial charge < -0.3 is 10.1 Å². The number of hydrogen-bond donors (Lipinski definition) is 2. The minimum Gasteiger partial charge on any atom is -0.383 e. The molecule has 0 aliphatic carbocycles. The molecule has 5 nitrogen and oxygen atoms in total. The molecule has 2 N–H and O–H groups in total. The molecular weight excluding hydrogens is 311 g/mol. The Balaban J connectivity index is 2.49. The molecule has 0 amide bonds. The van der Waals surface area contributed by atoms with Crippen LogP contribution in [0, 0.1) is 0 Å². The van der Waals surface area contributed by atoms with Crippen molar-refractivity contribution in [2.75, 3.05) is 33.4 Å². The van der Waals surface area contributed by atoms with E-state index in [1.54, 1.807) is 7.11 Å². The Morgan fingerprint density at radius 1 is 1.16 bits per heavy atom. The molecule has 0 saturated carbocycles. The van der Waals surface area contributed by atoms with Crippen LogP contribution < -0.4 is 10.0 Å². The fraction of sp³-hybridized carbons (Fsp3) is 0.455. The summed E-state index contributed by atoms with van der Waals surface area (Å²) in [5, 5.41) is 3.56. The first-order valence-electron chi connectivity index (χ1n) is 5.62. The van der Waals surface area contributed by atoms with Crippen LogP contribution in [0.15, 0.2) is 23.1 Å².